The molecular weight excluding hydrogens is 654 g/mol. The predicted octanol–water partition coefficient (Wildman–Crippen LogP) is 2.65. The molecule has 0 aliphatic carbocycles. The highest BCUT2D eigenvalue weighted by Crippen LogP contribution is 2.23. The zero-order valence-corrected chi connectivity index (χ0v) is 26.7. The Bertz CT molecular complexity index is 1450. The second kappa shape index (κ2) is 20.0. The highest BCUT2D eigenvalue weighted by molar-refractivity contribution is 6.30. The van der Waals surface area contributed by atoms with Crippen LogP contribution in [0.4, 0.5) is 4.79 Å². The first-order valence-corrected chi connectivity index (χ1v) is 14.8. The number of furan rings is 1. The molecule has 17 heteroatoms. The Morgan fingerprint density at radius 1 is 0.792 bits per heavy atom. The number of imide groups is 1. The number of benzene rings is 1. The summed E-state index contributed by atoms with van der Waals surface area (Å²) in [6.07, 6.45) is 5.45. The molecule has 4 N–H and O–H groups in total. The van der Waals surface area contributed by atoms with E-state index >= 15 is 0 Å². The van der Waals surface area contributed by atoms with Gasteiger partial charge in [0.2, 0.25) is 0 Å². The number of likely N-dealkylation sites (N-methyl/N-ethyl adjacent to an activating group) is 1. The molecule has 4 rings (SSSR count). The summed E-state index contributed by atoms with van der Waals surface area (Å²) in [5, 5.41) is 37.3. The third-order valence-electron chi connectivity index (χ3n) is 6.56. The number of unbranched alkanes of at least 4 members (excludes halogenated alkanes) is 1. The van der Waals surface area contributed by atoms with Crippen LogP contribution in [0.5, 0.6) is 0 Å². The normalized spacial score (nSPS) is 15.5. The maximum Gasteiger partial charge on any atom is 0.347 e. The number of aliphatic carboxylic acids is 4. The van der Waals surface area contributed by atoms with Gasteiger partial charge in [0.05, 0.1) is 6.21 Å². The highest BCUT2D eigenvalue weighted by atomic mass is 35.5. The van der Waals surface area contributed by atoms with Gasteiger partial charge in [-0.05, 0) is 62.8 Å². The number of hydrogen-bond donors (Lipinski definition) is 4. The van der Waals surface area contributed by atoms with E-state index in [1.807, 2.05) is 18.2 Å². The van der Waals surface area contributed by atoms with Crippen LogP contribution in [0.25, 0.3) is 11.3 Å². The second-order valence-electron chi connectivity index (χ2n) is 10.2. The van der Waals surface area contributed by atoms with Crippen molar-refractivity contribution in [2.75, 3.05) is 52.9 Å². The summed E-state index contributed by atoms with van der Waals surface area (Å²) in [5.74, 6) is -4.07. The topological polar surface area (TPSA) is 222 Å². The van der Waals surface area contributed by atoms with Crippen molar-refractivity contribution in [3.63, 3.8) is 0 Å². The van der Waals surface area contributed by atoms with E-state index in [2.05, 4.69) is 21.9 Å². The molecule has 0 bridgehead atoms. The molecule has 0 radical (unpaired) electrons. The summed E-state index contributed by atoms with van der Waals surface area (Å²) in [6, 6.07) is 10.5. The number of carbonyl (C=O) groups is 6. The van der Waals surface area contributed by atoms with Crippen LogP contribution in [-0.4, -0.2) is 135 Å². The van der Waals surface area contributed by atoms with Crippen molar-refractivity contribution in [1.29, 1.82) is 0 Å². The van der Waals surface area contributed by atoms with Crippen LogP contribution in [-0.2, 0) is 24.0 Å². The summed E-state index contributed by atoms with van der Waals surface area (Å²) in [4.78, 5) is 69.2. The number of halogens is 1. The summed E-state index contributed by atoms with van der Waals surface area (Å²) in [6.45, 7) is 5.72. The van der Waals surface area contributed by atoms with Crippen molar-refractivity contribution >= 4 is 53.6 Å². The van der Waals surface area contributed by atoms with Crippen molar-refractivity contribution in [2.45, 2.75) is 12.8 Å². The number of amides is 3. The molecule has 2 aliphatic heterocycles. The number of hydrogen-bond acceptors (Lipinski definition) is 10. The van der Waals surface area contributed by atoms with E-state index in [9.17, 15) is 28.8 Å². The lowest BCUT2D eigenvalue weighted by atomic mass is 10.2. The minimum Gasteiger partial charge on any atom is -0.478 e. The van der Waals surface area contributed by atoms with E-state index in [0.29, 0.717) is 47.4 Å². The van der Waals surface area contributed by atoms with E-state index in [-0.39, 0.29) is 18.5 Å². The third-order valence-corrected chi connectivity index (χ3v) is 6.81. The fourth-order valence-electron chi connectivity index (χ4n) is 4.12. The van der Waals surface area contributed by atoms with Crippen molar-refractivity contribution in [3.8, 4) is 11.3 Å². The fraction of sp³-hybridized carbons (Fsp3) is 0.323. The predicted molar refractivity (Wildman–Crippen MR) is 173 cm³/mol. The molecule has 2 saturated heterocycles. The fourth-order valence-corrected chi connectivity index (χ4v) is 4.24. The summed E-state index contributed by atoms with van der Waals surface area (Å²) in [7, 11) is 2.14. The SMILES string of the molecule is CN1CCN(CCCCN2C(=O)CN(N=Cc3ccc(-c4ccc(Cl)cc4)o3)C2=O)CC1.O=C(O)C=CC(=O)O.O=C(O)C=CC(=O)O. The molecule has 0 atom stereocenters. The van der Waals surface area contributed by atoms with Crippen molar-refractivity contribution in [3.05, 3.63) is 71.5 Å². The quantitative estimate of drug-likeness (QED) is 0.109. The van der Waals surface area contributed by atoms with Gasteiger partial charge in [-0.2, -0.15) is 5.10 Å². The summed E-state index contributed by atoms with van der Waals surface area (Å²) in [5.41, 5.74) is 0.893. The molecule has 1 aromatic heterocycles. The van der Waals surface area contributed by atoms with Gasteiger partial charge in [-0.3, -0.25) is 9.69 Å². The van der Waals surface area contributed by atoms with Gasteiger partial charge in [0.15, 0.2) is 0 Å². The largest absolute Gasteiger partial charge is 0.478 e. The molecular formula is C31H36ClN5O11. The first-order valence-electron chi connectivity index (χ1n) is 14.5. The first-order chi connectivity index (χ1) is 22.7. The second-order valence-corrected chi connectivity index (χ2v) is 10.6. The molecule has 16 nitrogen and oxygen atoms in total. The Morgan fingerprint density at radius 3 is 1.83 bits per heavy atom. The Morgan fingerprint density at radius 2 is 1.31 bits per heavy atom. The molecule has 0 unspecified atom stereocenters. The number of rotatable bonds is 12. The number of carboxylic acids is 4. The lowest BCUT2D eigenvalue weighted by Crippen LogP contribution is -2.44. The Hall–Kier alpha value is -5.32. The molecule has 2 aromatic rings. The van der Waals surface area contributed by atoms with E-state index in [1.54, 1.807) is 18.2 Å². The van der Waals surface area contributed by atoms with Gasteiger partial charge in [-0.25, -0.2) is 29.0 Å². The highest BCUT2D eigenvalue weighted by Gasteiger charge is 2.35. The average molecular weight is 690 g/mol. The number of urea groups is 1. The number of carbonyl (C=O) groups excluding carboxylic acids is 2. The lowest BCUT2D eigenvalue weighted by Gasteiger charge is -2.32. The number of nitrogens with zero attached hydrogens (tertiary/aromatic N) is 5. The summed E-state index contributed by atoms with van der Waals surface area (Å²) < 4.78 is 5.77. The van der Waals surface area contributed by atoms with Gasteiger partial charge in [-0.1, -0.05) is 11.6 Å². The van der Waals surface area contributed by atoms with E-state index < -0.39 is 23.9 Å². The molecule has 1 aromatic carbocycles. The van der Waals surface area contributed by atoms with Crippen LogP contribution < -0.4 is 0 Å². The van der Waals surface area contributed by atoms with Crippen LogP contribution in [0.3, 0.4) is 0 Å². The van der Waals surface area contributed by atoms with Gasteiger partial charge in [0.25, 0.3) is 5.91 Å². The zero-order valence-electron chi connectivity index (χ0n) is 26.0. The van der Waals surface area contributed by atoms with Crippen LogP contribution in [0.15, 0.2) is 70.2 Å². The Balaban J connectivity index is 0.000000414. The van der Waals surface area contributed by atoms with Gasteiger partial charge in [0.1, 0.15) is 18.1 Å². The number of piperazine rings is 1. The van der Waals surface area contributed by atoms with Crippen molar-refractivity contribution < 1.29 is 53.6 Å². The molecule has 3 amide bonds. The average Bonchev–Trinajstić information content (AvgIpc) is 3.61. The maximum absolute atomic E-state index is 12.6. The van der Waals surface area contributed by atoms with Gasteiger partial charge < -0.3 is 34.6 Å². The first kappa shape index (κ1) is 38.9. The van der Waals surface area contributed by atoms with E-state index in [4.69, 9.17) is 36.4 Å². The molecule has 3 heterocycles. The molecule has 0 saturated carbocycles. The Labute approximate surface area is 280 Å². The monoisotopic (exact) mass is 689 g/mol. The molecule has 48 heavy (non-hydrogen) atoms. The molecule has 2 fully saturated rings. The van der Waals surface area contributed by atoms with Crippen molar-refractivity contribution in [2.24, 2.45) is 5.10 Å². The smallest absolute Gasteiger partial charge is 0.347 e. The number of carboxylic acid groups (broad SMARTS) is 4. The van der Waals surface area contributed by atoms with Crippen LogP contribution in [0.1, 0.15) is 18.6 Å². The van der Waals surface area contributed by atoms with Gasteiger partial charge in [-0.15, -0.1) is 0 Å². The van der Waals surface area contributed by atoms with Crippen LogP contribution in [0.2, 0.25) is 5.02 Å². The molecule has 0 spiro atoms. The van der Waals surface area contributed by atoms with Gasteiger partial charge in [0, 0.05) is 67.6 Å². The zero-order chi connectivity index (χ0) is 35.6. The maximum atomic E-state index is 12.6. The Kier molecular flexibility index (Phi) is 16.2. The van der Waals surface area contributed by atoms with Crippen molar-refractivity contribution in [1.82, 2.24) is 19.7 Å². The standard InChI is InChI=1S/C23H28ClN5O3.2C4H4O4/c1-26-12-14-27(15-13-26)10-2-3-11-28-22(30)17-29(23(28)31)25-16-20-8-9-21(32-20)18-4-6-19(24)7-5-18;2*5-3(6)1-2-4(7)8/h4-9,16H,2-3,10-15,17H2,1H3;2*1-2H,(H,5,6)(H,7,8). The van der Waals surface area contributed by atoms with Crippen LogP contribution >= 0.6 is 11.6 Å². The van der Waals surface area contributed by atoms with E-state index in [1.165, 1.54) is 16.1 Å². The molecule has 258 valence electrons. The van der Waals surface area contributed by atoms with Gasteiger partial charge >= 0.3 is 29.9 Å². The lowest BCUT2D eigenvalue weighted by molar-refractivity contribution is -0.134. The minimum absolute atomic E-state index is 0.0431. The molecule has 2 aliphatic rings. The van der Waals surface area contributed by atoms with Crippen LogP contribution in [0, 0.1) is 0 Å². The summed E-state index contributed by atoms with van der Waals surface area (Å²) >= 11 is 5.92. The minimum atomic E-state index is -1.26. The van der Waals surface area contributed by atoms with E-state index in [0.717, 1.165) is 51.1 Å². The third kappa shape index (κ3) is 14.8. The number of hydrazone groups is 1.